The normalized spacial score (nSPS) is 13.4. The van der Waals surface area contributed by atoms with E-state index in [4.69, 9.17) is 0 Å². The zero-order valence-electron chi connectivity index (χ0n) is 10.7. The topological polar surface area (TPSA) is 67.2 Å². The first-order valence-electron chi connectivity index (χ1n) is 5.82. The van der Waals surface area contributed by atoms with Crippen LogP contribution < -0.4 is 5.32 Å². The van der Waals surface area contributed by atoms with Gasteiger partial charge in [0.1, 0.15) is 0 Å². The van der Waals surface area contributed by atoms with Gasteiger partial charge in [-0.05, 0) is 11.5 Å². The zero-order chi connectivity index (χ0) is 12.9. The van der Waals surface area contributed by atoms with Gasteiger partial charge in [0.2, 0.25) is 5.91 Å². The quantitative estimate of drug-likeness (QED) is 0.798. The summed E-state index contributed by atoms with van der Waals surface area (Å²) in [5, 5.41) is 16.5. The molecule has 0 fully saturated rings. The second-order valence-electron chi connectivity index (χ2n) is 5.21. The first-order chi connectivity index (χ1) is 7.89. The van der Waals surface area contributed by atoms with Gasteiger partial charge in [-0.1, -0.05) is 20.8 Å². The van der Waals surface area contributed by atoms with Crippen molar-refractivity contribution in [2.24, 2.45) is 5.41 Å². The number of hydrogen-bond acceptors (Lipinski definition) is 3. The van der Waals surface area contributed by atoms with Gasteiger partial charge in [0.05, 0.1) is 6.10 Å². The Morgan fingerprint density at radius 2 is 2.24 bits per heavy atom. The summed E-state index contributed by atoms with van der Waals surface area (Å²) in [6.07, 6.45) is 3.34. The lowest BCUT2D eigenvalue weighted by Gasteiger charge is -2.25. The fraction of sp³-hybridized carbons (Fsp3) is 0.667. The van der Waals surface area contributed by atoms with Crippen LogP contribution in [0.4, 0.5) is 0 Å². The maximum absolute atomic E-state index is 11.5. The third-order valence-corrected chi connectivity index (χ3v) is 2.62. The molecule has 1 aromatic heterocycles. The number of carbonyl (C=O) groups excluding carboxylic acids is 1. The molecular weight excluding hydrogens is 218 g/mol. The van der Waals surface area contributed by atoms with Crippen molar-refractivity contribution in [3.8, 4) is 0 Å². The van der Waals surface area contributed by atoms with Crippen LogP contribution in [0.15, 0.2) is 18.5 Å². The summed E-state index contributed by atoms with van der Waals surface area (Å²) in [5.41, 5.74) is -0.213. The molecule has 0 saturated carbocycles. The van der Waals surface area contributed by atoms with Crippen molar-refractivity contribution in [3.05, 3.63) is 18.5 Å². The van der Waals surface area contributed by atoms with Crippen molar-refractivity contribution in [2.45, 2.75) is 39.8 Å². The highest BCUT2D eigenvalue weighted by atomic mass is 16.3. The lowest BCUT2D eigenvalue weighted by atomic mass is 9.89. The fourth-order valence-electron chi connectivity index (χ4n) is 1.25. The highest BCUT2D eigenvalue weighted by Gasteiger charge is 2.22. The Morgan fingerprint density at radius 3 is 2.76 bits per heavy atom. The third kappa shape index (κ3) is 4.99. The number of aromatic nitrogens is 2. The largest absolute Gasteiger partial charge is 0.391 e. The molecule has 1 heterocycles. The molecule has 0 aliphatic rings. The van der Waals surface area contributed by atoms with E-state index in [9.17, 15) is 9.90 Å². The average molecular weight is 239 g/mol. The summed E-state index contributed by atoms with van der Waals surface area (Å²) in [7, 11) is 0. The molecule has 1 aromatic rings. The summed E-state index contributed by atoms with van der Waals surface area (Å²) in [4.78, 5) is 11.5. The number of aliphatic hydroxyl groups excluding tert-OH is 1. The van der Waals surface area contributed by atoms with E-state index in [0.717, 1.165) is 0 Å². The second kappa shape index (κ2) is 5.82. The Morgan fingerprint density at radius 1 is 1.53 bits per heavy atom. The summed E-state index contributed by atoms with van der Waals surface area (Å²) < 4.78 is 1.71. The number of aryl methyl sites for hydroxylation is 1. The number of nitrogens with zero attached hydrogens (tertiary/aromatic N) is 2. The standard InChI is InChI=1S/C12H21N3O2/c1-12(2,3)10(16)9-13-11(17)5-8-15-7-4-6-14-15/h4,6-7,10,16H,5,8-9H2,1-3H3,(H,13,17). The molecule has 1 amide bonds. The summed E-state index contributed by atoms with van der Waals surface area (Å²) >= 11 is 0. The Labute approximate surface area is 102 Å². The average Bonchev–Trinajstić information content (AvgIpc) is 2.74. The lowest BCUT2D eigenvalue weighted by Crippen LogP contribution is -2.39. The van der Waals surface area contributed by atoms with E-state index in [1.165, 1.54) is 0 Å². The monoisotopic (exact) mass is 239 g/mol. The first kappa shape index (κ1) is 13.7. The molecule has 0 radical (unpaired) electrons. The Kier molecular flexibility index (Phi) is 4.69. The molecule has 0 spiro atoms. The van der Waals surface area contributed by atoms with Crippen molar-refractivity contribution in [1.29, 1.82) is 0 Å². The minimum absolute atomic E-state index is 0.0659. The predicted molar refractivity (Wildman–Crippen MR) is 65.3 cm³/mol. The van der Waals surface area contributed by atoms with Crippen LogP contribution in [-0.4, -0.2) is 33.4 Å². The van der Waals surface area contributed by atoms with Gasteiger partial charge in [0.25, 0.3) is 0 Å². The number of amides is 1. The van der Waals surface area contributed by atoms with Gasteiger partial charge < -0.3 is 10.4 Å². The number of nitrogens with one attached hydrogen (secondary N) is 1. The minimum Gasteiger partial charge on any atom is -0.391 e. The second-order valence-corrected chi connectivity index (χ2v) is 5.21. The van der Waals surface area contributed by atoms with E-state index in [-0.39, 0.29) is 11.3 Å². The molecule has 2 N–H and O–H groups in total. The summed E-state index contributed by atoms with van der Waals surface area (Å²) in [6.45, 7) is 6.67. The Hall–Kier alpha value is -1.36. The number of rotatable bonds is 5. The van der Waals surface area contributed by atoms with Crippen LogP contribution in [0.3, 0.4) is 0 Å². The molecule has 0 bridgehead atoms. The molecule has 5 heteroatoms. The van der Waals surface area contributed by atoms with Crippen LogP contribution in [0.25, 0.3) is 0 Å². The highest BCUT2D eigenvalue weighted by Crippen LogP contribution is 2.17. The smallest absolute Gasteiger partial charge is 0.221 e. The van der Waals surface area contributed by atoms with Gasteiger partial charge in [-0.2, -0.15) is 5.10 Å². The molecule has 1 unspecified atom stereocenters. The van der Waals surface area contributed by atoms with E-state index in [0.29, 0.717) is 19.5 Å². The zero-order valence-corrected chi connectivity index (χ0v) is 10.7. The maximum atomic E-state index is 11.5. The fourth-order valence-corrected chi connectivity index (χ4v) is 1.25. The molecule has 1 atom stereocenters. The van der Waals surface area contributed by atoms with Gasteiger partial charge in [-0.25, -0.2) is 0 Å². The summed E-state index contributed by atoms with van der Waals surface area (Å²) in [5.74, 6) is -0.0659. The first-order valence-corrected chi connectivity index (χ1v) is 5.82. The lowest BCUT2D eigenvalue weighted by molar-refractivity contribution is -0.122. The van der Waals surface area contributed by atoms with Crippen molar-refractivity contribution in [2.75, 3.05) is 6.54 Å². The molecule has 0 aromatic carbocycles. The van der Waals surface area contributed by atoms with Crippen LogP contribution in [0.1, 0.15) is 27.2 Å². The van der Waals surface area contributed by atoms with E-state index in [2.05, 4.69) is 10.4 Å². The SMILES string of the molecule is CC(C)(C)C(O)CNC(=O)CCn1cccn1. The van der Waals surface area contributed by atoms with Crippen molar-refractivity contribution in [3.63, 3.8) is 0 Å². The van der Waals surface area contributed by atoms with Gasteiger partial charge >= 0.3 is 0 Å². The van der Waals surface area contributed by atoms with Gasteiger partial charge in [0.15, 0.2) is 0 Å². The Balaban J connectivity index is 2.22. The maximum Gasteiger partial charge on any atom is 0.221 e. The van der Waals surface area contributed by atoms with Crippen LogP contribution in [0, 0.1) is 5.41 Å². The van der Waals surface area contributed by atoms with Crippen LogP contribution in [-0.2, 0) is 11.3 Å². The van der Waals surface area contributed by atoms with E-state index >= 15 is 0 Å². The molecular formula is C12H21N3O2. The Bertz CT molecular complexity index is 341. The van der Waals surface area contributed by atoms with Crippen LogP contribution >= 0.6 is 0 Å². The molecule has 96 valence electrons. The van der Waals surface area contributed by atoms with Crippen molar-refractivity contribution >= 4 is 5.91 Å². The van der Waals surface area contributed by atoms with Crippen LogP contribution in [0.5, 0.6) is 0 Å². The number of aliphatic hydroxyl groups is 1. The minimum atomic E-state index is -0.531. The van der Waals surface area contributed by atoms with Gasteiger partial charge in [-0.3, -0.25) is 9.48 Å². The van der Waals surface area contributed by atoms with E-state index < -0.39 is 6.10 Å². The number of hydrogen-bond donors (Lipinski definition) is 2. The van der Waals surface area contributed by atoms with Crippen molar-refractivity contribution in [1.82, 2.24) is 15.1 Å². The summed E-state index contributed by atoms with van der Waals surface area (Å²) in [6, 6.07) is 1.82. The molecule has 1 rings (SSSR count). The van der Waals surface area contributed by atoms with Gasteiger partial charge in [-0.15, -0.1) is 0 Å². The highest BCUT2D eigenvalue weighted by molar-refractivity contribution is 5.75. The molecule has 0 aliphatic heterocycles. The number of carbonyl (C=O) groups is 1. The third-order valence-electron chi connectivity index (χ3n) is 2.62. The van der Waals surface area contributed by atoms with Crippen LogP contribution in [0.2, 0.25) is 0 Å². The predicted octanol–water partition coefficient (Wildman–Crippen LogP) is 0.796. The molecule has 0 aliphatic carbocycles. The van der Waals surface area contributed by atoms with Crippen molar-refractivity contribution < 1.29 is 9.90 Å². The van der Waals surface area contributed by atoms with E-state index in [1.807, 2.05) is 33.0 Å². The molecule has 0 saturated heterocycles. The molecule has 5 nitrogen and oxygen atoms in total. The van der Waals surface area contributed by atoms with Gasteiger partial charge in [0, 0.05) is 31.9 Å². The van der Waals surface area contributed by atoms with E-state index in [1.54, 1.807) is 10.9 Å². The molecule has 17 heavy (non-hydrogen) atoms.